The molecular weight excluding hydrogens is 649 g/mol. The van der Waals surface area contributed by atoms with E-state index in [0.717, 1.165) is 66.4 Å². The molecule has 11 rings (SSSR count). The molecule has 0 amide bonds. The Hall–Kier alpha value is -6.78. The standard InChI is InChI=1S/C49H32N2O2/c1-49(2)39-19-8-6-14-34(39)38-28-32(26-27-40(38)49)44-47-45(35-15-7-9-20-41(35)52-47)51-48(50-44)37-18-11-21-42-43(37)36-17-10-16-33(46(36)53-42)31-24-22-30(23-25-31)29-12-4-3-5-13-29/h3-28H,1-2H3. The van der Waals surface area contributed by atoms with Gasteiger partial charge in [0.25, 0.3) is 0 Å². The third-order valence-corrected chi connectivity index (χ3v) is 11.1. The summed E-state index contributed by atoms with van der Waals surface area (Å²) in [5.41, 5.74) is 16.2. The second-order valence-corrected chi connectivity index (χ2v) is 14.5. The van der Waals surface area contributed by atoms with Crippen LogP contribution in [-0.4, -0.2) is 9.97 Å². The molecule has 4 nitrogen and oxygen atoms in total. The molecule has 0 fully saturated rings. The van der Waals surface area contributed by atoms with Crippen LogP contribution in [0.4, 0.5) is 0 Å². The van der Waals surface area contributed by atoms with Gasteiger partial charge in [0, 0.05) is 38.3 Å². The molecule has 0 atom stereocenters. The van der Waals surface area contributed by atoms with Crippen molar-refractivity contribution in [2.45, 2.75) is 19.3 Å². The lowest BCUT2D eigenvalue weighted by atomic mass is 9.82. The number of rotatable bonds is 4. The Bertz CT molecular complexity index is 3080. The monoisotopic (exact) mass is 680 g/mol. The van der Waals surface area contributed by atoms with E-state index in [4.69, 9.17) is 18.8 Å². The van der Waals surface area contributed by atoms with E-state index in [1.165, 1.54) is 33.4 Å². The lowest BCUT2D eigenvalue weighted by Crippen LogP contribution is -2.14. The Morgan fingerprint density at radius 1 is 0.434 bits per heavy atom. The zero-order chi connectivity index (χ0) is 35.3. The fourth-order valence-electron chi connectivity index (χ4n) is 8.51. The van der Waals surface area contributed by atoms with Crippen LogP contribution in [0.2, 0.25) is 0 Å². The molecule has 4 heteroatoms. The second kappa shape index (κ2) is 11.1. The summed E-state index contributed by atoms with van der Waals surface area (Å²) in [6, 6.07) is 55.3. The van der Waals surface area contributed by atoms with Gasteiger partial charge in [0.2, 0.25) is 0 Å². The zero-order valence-electron chi connectivity index (χ0n) is 29.2. The summed E-state index contributed by atoms with van der Waals surface area (Å²) in [7, 11) is 0. The van der Waals surface area contributed by atoms with E-state index in [9.17, 15) is 0 Å². The number of hydrogen-bond donors (Lipinski definition) is 0. The Kier molecular flexibility index (Phi) is 6.27. The Morgan fingerprint density at radius 3 is 1.94 bits per heavy atom. The van der Waals surface area contributed by atoms with Crippen LogP contribution in [0.25, 0.3) is 100 Å². The summed E-state index contributed by atoms with van der Waals surface area (Å²) in [5, 5.41) is 2.98. The highest BCUT2D eigenvalue weighted by Gasteiger charge is 2.35. The fourth-order valence-corrected chi connectivity index (χ4v) is 8.51. The lowest BCUT2D eigenvalue weighted by Gasteiger charge is -2.21. The van der Waals surface area contributed by atoms with Crippen molar-refractivity contribution in [2.75, 3.05) is 0 Å². The maximum absolute atomic E-state index is 6.70. The minimum atomic E-state index is -0.0866. The highest BCUT2D eigenvalue weighted by atomic mass is 16.3. The van der Waals surface area contributed by atoms with Gasteiger partial charge in [-0.1, -0.05) is 147 Å². The van der Waals surface area contributed by atoms with E-state index in [0.29, 0.717) is 11.4 Å². The molecule has 0 N–H and O–H groups in total. The molecule has 0 radical (unpaired) electrons. The summed E-state index contributed by atoms with van der Waals surface area (Å²) < 4.78 is 13.3. The first-order chi connectivity index (χ1) is 26.0. The Labute approximate surface area is 306 Å². The molecule has 0 spiro atoms. The van der Waals surface area contributed by atoms with Crippen molar-refractivity contribution in [3.8, 4) is 56.0 Å². The smallest absolute Gasteiger partial charge is 0.180 e. The van der Waals surface area contributed by atoms with E-state index in [2.05, 4.69) is 135 Å². The first-order valence-corrected chi connectivity index (χ1v) is 18.1. The van der Waals surface area contributed by atoms with Crippen molar-refractivity contribution in [2.24, 2.45) is 0 Å². The predicted octanol–water partition coefficient (Wildman–Crippen LogP) is 13.2. The molecule has 3 aromatic heterocycles. The van der Waals surface area contributed by atoms with E-state index in [1.807, 2.05) is 36.4 Å². The third-order valence-electron chi connectivity index (χ3n) is 11.1. The predicted molar refractivity (Wildman–Crippen MR) is 216 cm³/mol. The summed E-state index contributed by atoms with van der Waals surface area (Å²) in [6.07, 6.45) is 0. The molecule has 10 aromatic rings. The molecule has 0 saturated carbocycles. The van der Waals surface area contributed by atoms with Crippen LogP contribution < -0.4 is 0 Å². The first-order valence-electron chi connectivity index (χ1n) is 18.1. The maximum Gasteiger partial charge on any atom is 0.180 e. The van der Waals surface area contributed by atoms with Crippen molar-refractivity contribution in [3.63, 3.8) is 0 Å². The minimum absolute atomic E-state index is 0.0866. The molecule has 53 heavy (non-hydrogen) atoms. The van der Waals surface area contributed by atoms with Crippen LogP contribution in [0, 0.1) is 0 Å². The largest absolute Gasteiger partial charge is 0.455 e. The molecule has 0 bridgehead atoms. The van der Waals surface area contributed by atoms with Crippen LogP contribution >= 0.6 is 0 Å². The average molecular weight is 681 g/mol. The van der Waals surface area contributed by atoms with Gasteiger partial charge in [0.05, 0.1) is 0 Å². The van der Waals surface area contributed by atoms with Gasteiger partial charge >= 0.3 is 0 Å². The molecule has 1 aliphatic carbocycles. The van der Waals surface area contributed by atoms with Gasteiger partial charge < -0.3 is 8.83 Å². The van der Waals surface area contributed by atoms with Gasteiger partial charge in [-0.3, -0.25) is 0 Å². The molecule has 0 saturated heterocycles. The number of furan rings is 2. The van der Waals surface area contributed by atoms with Crippen LogP contribution in [0.5, 0.6) is 0 Å². The lowest BCUT2D eigenvalue weighted by molar-refractivity contribution is 0.660. The molecule has 250 valence electrons. The SMILES string of the molecule is CC1(C)c2ccccc2-c2cc(-c3nc(-c4cccc5oc6c(-c7ccc(-c8ccccc8)cc7)cccc6c45)nc4c3oc3ccccc34)ccc21. The summed E-state index contributed by atoms with van der Waals surface area (Å²) >= 11 is 0. The summed E-state index contributed by atoms with van der Waals surface area (Å²) in [4.78, 5) is 10.6. The fraction of sp³-hybridized carbons (Fsp3) is 0.0612. The molecule has 1 aliphatic rings. The van der Waals surface area contributed by atoms with Gasteiger partial charge in [-0.05, 0) is 63.2 Å². The molecule has 7 aromatic carbocycles. The van der Waals surface area contributed by atoms with Crippen LogP contribution in [-0.2, 0) is 5.41 Å². The van der Waals surface area contributed by atoms with Gasteiger partial charge in [-0.15, -0.1) is 0 Å². The van der Waals surface area contributed by atoms with Crippen molar-refractivity contribution in [1.82, 2.24) is 9.97 Å². The van der Waals surface area contributed by atoms with Crippen molar-refractivity contribution in [3.05, 3.63) is 169 Å². The quantitative estimate of drug-likeness (QED) is 0.186. The van der Waals surface area contributed by atoms with Gasteiger partial charge in [-0.2, -0.15) is 0 Å². The molecular formula is C49H32N2O2. The van der Waals surface area contributed by atoms with Gasteiger partial charge in [0.15, 0.2) is 11.4 Å². The van der Waals surface area contributed by atoms with Gasteiger partial charge in [-0.25, -0.2) is 9.97 Å². The maximum atomic E-state index is 6.70. The zero-order valence-corrected chi connectivity index (χ0v) is 29.2. The highest BCUT2D eigenvalue weighted by molar-refractivity contribution is 6.16. The number of nitrogens with zero attached hydrogens (tertiary/aromatic N) is 2. The Balaban J connectivity index is 1.12. The first kappa shape index (κ1) is 29.9. The Morgan fingerprint density at radius 2 is 1.06 bits per heavy atom. The van der Waals surface area contributed by atoms with Crippen LogP contribution in [0.15, 0.2) is 167 Å². The molecule has 3 heterocycles. The summed E-state index contributed by atoms with van der Waals surface area (Å²) in [6.45, 7) is 4.61. The van der Waals surface area contributed by atoms with Crippen LogP contribution in [0.3, 0.4) is 0 Å². The normalized spacial score (nSPS) is 13.2. The van der Waals surface area contributed by atoms with Gasteiger partial charge in [0.1, 0.15) is 28.0 Å². The van der Waals surface area contributed by atoms with Crippen LogP contribution in [0.1, 0.15) is 25.0 Å². The number of hydrogen-bond acceptors (Lipinski definition) is 4. The molecule has 0 aliphatic heterocycles. The van der Waals surface area contributed by atoms with E-state index >= 15 is 0 Å². The van der Waals surface area contributed by atoms with Crippen molar-refractivity contribution < 1.29 is 8.83 Å². The average Bonchev–Trinajstić information content (AvgIpc) is 3.86. The second-order valence-electron chi connectivity index (χ2n) is 14.5. The third kappa shape index (κ3) is 4.42. The number of para-hydroxylation sites is 2. The number of aromatic nitrogens is 2. The number of benzene rings is 7. The van der Waals surface area contributed by atoms with Crippen molar-refractivity contribution in [1.29, 1.82) is 0 Å². The molecule has 0 unspecified atom stereocenters. The number of fused-ring (bicyclic) bond motifs is 9. The van der Waals surface area contributed by atoms with E-state index in [1.54, 1.807) is 0 Å². The van der Waals surface area contributed by atoms with E-state index in [-0.39, 0.29) is 5.41 Å². The topological polar surface area (TPSA) is 52.1 Å². The minimum Gasteiger partial charge on any atom is -0.455 e. The summed E-state index contributed by atoms with van der Waals surface area (Å²) in [5.74, 6) is 0.631. The van der Waals surface area contributed by atoms with E-state index < -0.39 is 0 Å². The van der Waals surface area contributed by atoms with Crippen molar-refractivity contribution >= 4 is 44.0 Å². The highest BCUT2D eigenvalue weighted by Crippen LogP contribution is 2.50.